The number of rotatable bonds is 2. The first-order valence-electron chi connectivity index (χ1n) is 7.05. The predicted octanol–water partition coefficient (Wildman–Crippen LogP) is 3.87. The van der Waals surface area contributed by atoms with Gasteiger partial charge in [-0.1, -0.05) is 12.1 Å². The molecule has 1 heterocycles. The van der Waals surface area contributed by atoms with E-state index >= 15 is 0 Å². The molecule has 0 saturated carbocycles. The Kier molecular flexibility index (Phi) is 3.42. The monoisotopic (exact) mass is 265 g/mol. The second-order valence-corrected chi connectivity index (χ2v) is 5.25. The molecular formula is C17H19N3. The van der Waals surface area contributed by atoms with Gasteiger partial charge >= 0.3 is 0 Å². The number of allylic oxidation sites excluding steroid dienone is 2. The molecule has 0 spiro atoms. The Morgan fingerprint density at radius 3 is 2.50 bits per heavy atom. The van der Waals surface area contributed by atoms with E-state index in [9.17, 15) is 0 Å². The molecule has 20 heavy (non-hydrogen) atoms. The minimum absolute atomic E-state index is 0.541. The van der Waals surface area contributed by atoms with E-state index in [2.05, 4.69) is 17.1 Å². The number of hydrogen-bond acceptors (Lipinski definition) is 3. The number of hydrogen-bond donors (Lipinski definition) is 2. The van der Waals surface area contributed by atoms with E-state index in [0.29, 0.717) is 5.82 Å². The maximum Gasteiger partial charge on any atom is 0.123 e. The fourth-order valence-corrected chi connectivity index (χ4v) is 2.67. The van der Waals surface area contributed by atoms with Crippen molar-refractivity contribution in [2.24, 2.45) is 0 Å². The third-order valence-electron chi connectivity index (χ3n) is 3.81. The summed E-state index contributed by atoms with van der Waals surface area (Å²) in [7, 11) is 0. The lowest BCUT2D eigenvalue weighted by Gasteiger charge is -2.16. The molecule has 0 bridgehead atoms. The van der Waals surface area contributed by atoms with Crippen molar-refractivity contribution < 1.29 is 0 Å². The van der Waals surface area contributed by atoms with Crippen molar-refractivity contribution in [3.63, 3.8) is 0 Å². The van der Waals surface area contributed by atoms with Crippen molar-refractivity contribution in [2.45, 2.75) is 25.7 Å². The van der Waals surface area contributed by atoms with E-state index in [1.165, 1.54) is 24.0 Å². The van der Waals surface area contributed by atoms with Crippen molar-refractivity contribution in [1.29, 1.82) is 0 Å². The van der Waals surface area contributed by atoms with Crippen LogP contribution >= 0.6 is 0 Å². The van der Waals surface area contributed by atoms with Gasteiger partial charge in [-0.3, -0.25) is 0 Å². The Morgan fingerprint density at radius 1 is 0.950 bits per heavy atom. The molecule has 3 rings (SSSR count). The highest BCUT2D eigenvalue weighted by Crippen LogP contribution is 2.33. The third-order valence-corrected chi connectivity index (χ3v) is 3.81. The Labute approximate surface area is 119 Å². The van der Waals surface area contributed by atoms with Gasteiger partial charge < -0.3 is 11.5 Å². The summed E-state index contributed by atoms with van der Waals surface area (Å²) in [5, 5.41) is 0. The van der Waals surface area contributed by atoms with Gasteiger partial charge in [-0.05, 0) is 61.1 Å². The van der Waals surface area contributed by atoms with E-state index in [4.69, 9.17) is 11.5 Å². The molecule has 1 aliphatic rings. The van der Waals surface area contributed by atoms with Crippen molar-refractivity contribution >= 4 is 17.1 Å². The van der Waals surface area contributed by atoms with E-state index in [1.54, 1.807) is 6.20 Å². The molecular weight excluding hydrogens is 246 g/mol. The van der Waals surface area contributed by atoms with E-state index < -0.39 is 0 Å². The molecule has 0 aliphatic heterocycles. The highest BCUT2D eigenvalue weighted by atomic mass is 14.8. The molecule has 0 saturated heterocycles. The zero-order valence-electron chi connectivity index (χ0n) is 11.5. The van der Waals surface area contributed by atoms with Crippen LogP contribution in [0.3, 0.4) is 0 Å². The molecule has 0 fully saturated rings. The van der Waals surface area contributed by atoms with Gasteiger partial charge in [0, 0.05) is 23.0 Å². The molecule has 2 aromatic rings. The van der Waals surface area contributed by atoms with Gasteiger partial charge in [0.2, 0.25) is 0 Å². The summed E-state index contributed by atoms with van der Waals surface area (Å²) >= 11 is 0. The van der Waals surface area contributed by atoms with Gasteiger partial charge in [-0.25, -0.2) is 4.98 Å². The fourth-order valence-electron chi connectivity index (χ4n) is 2.67. The lowest BCUT2D eigenvalue weighted by atomic mass is 9.91. The summed E-state index contributed by atoms with van der Waals surface area (Å²) < 4.78 is 0. The second kappa shape index (κ2) is 5.37. The summed E-state index contributed by atoms with van der Waals surface area (Å²) in [6, 6.07) is 10.0. The molecule has 1 aliphatic carbocycles. The third kappa shape index (κ3) is 2.52. The normalized spacial score (nSPS) is 14.9. The number of pyridine rings is 1. The largest absolute Gasteiger partial charge is 0.398 e. The van der Waals surface area contributed by atoms with Crippen LogP contribution in [0.5, 0.6) is 0 Å². The van der Waals surface area contributed by atoms with E-state index in [1.807, 2.05) is 24.3 Å². The second-order valence-electron chi connectivity index (χ2n) is 5.25. The molecule has 1 aromatic carbocycles. The summed E-state index contributed by atoms with van der Waals surface area (Å²) in [6.45, 7) is 0. The van der Waals surface area contributed by atoms with Crippen LogP contribution in [-0.4, -0.2) is 4.98 Å². The average molecular weight is 265 g/mol. The van der Waals surface area contributed by atoms with E-state index in [-0.39, 0.29) is 0 Å². The zero-order valence-corrected chi connectivity index (χ0v) is 11.5. The van der Waals surface area contributed by atoms with Gasteiger partial charge in [-0.2, -0.15) is 0 Å². The van der Waals surface area contributed by atoms with Crippen LogP contribution in [0.1, 0.15) is 31.2 Å². The molecule has 1 aromatic heterocycles. The zero-order chi connectivity index (χ0) is 13.9. The standard InChI is InChI=1S/C17H19N3/c18-16-8-6-13(14-7-9-17(19)20-11-14)10-15(16)12-4-2-1-3-5-12/h4,6-11H,1-3,5,18H2,(H2,19,20). The number of nitrogen functional groups attached to an aromatic ring is 2. The molecule has 0 atom stereocenters. The first kappa shape index (κ1) is 12.7. The summed E-state index contributed by atoms with van der Waals surface area (Å²) in [6.07, 6.45) is 8.93. The number of benzene rings is 1. The topological polar surface area (TPSA) is 64.9 Å². The van der Waals surface area contributed by atoms with Crippen LogP contribution in [0.4, 0.5) is 11.5 Å². The van der Waals surface area contributed by atoms with Crippen LogP contribution in [0, 0.1) is 0 Å². The van der Waals surface area contributed by atoms with Gasteiger partial charge in [0.1, 0.15) is 5.82 Å². The fraction of sp³-hybridized carbons (Fsp3) is 0.235. The summed E-state index contributed by atoms with van der Waals surface area (Å²) in [5.74, 6) is 0.541. The van der Waals surface area contributed by atoms with Gasteiger partial charge in [0.15, 0.2) is 0 Å². The molecule has 0 unspecified atom stereocenters. The van der Waals surface area contributed by atoms with Crippen LogP contribution in [0.15, 0.2) is 42.6 Å². The lowest BCUT2D eigenvalue weighted by molar-refractivity contribution is 0.742. The minimum atomic E-state index is 0.541. The quantitative estimate of drug-likeness (QED) is 0.810. The molecule has 0 radical (unpaired) electrons. The maximum atomic E-state index is 6.15. The first-order valence-corrected chi connectivity index (χ1v) is 7.05. The summed E-state index contributed by atoms with van der Waals surface area (Å²) in [4.78, 5) is 4.15. The Hall–Kier alpha value is -2.29. The smallest absolute Gasteiger partial charge is 0.123 e. The Morgan fingerprint density at radius 2 is 1.80 bits per heavy atom. The SMILES string of the molecule is Nc1ccc(-c2ccc(N)c(C3=CCCCC3)c2)cn1. The molecule has 4 N–H and O–H groups in total. The number of anilines is 2. The van der Waals surface area contributed by atoms with Crippen LogP contribution < -0.4 is 11.5 Å². The Balaban J connectivity index is 2.01. The van der Waals surface area contributed by atoms with Crippen molar-refractivity contribution in [3.05, 3.63) is 48.2 Å². The van der Waals surface area contributed by atoms with Crippen LogP contribution in [-0.2, 0) is 0 Å². The summed E-state index contributed by atoms with van der Waals surface area (Å²) in [5.41, 5.74) is 17.4. The van der Waals surface area contributed by atoms with Crippen molar-refractivity contribution in [2.75, 3.05) is 11.5 Å². The molecule has 102 valence electrons. The van der Waals surface area contributed by atoms with E-state index in [0.717, 1.165) is 29.7 Å². The van der Waals surface area contributed by atoms with Gasteiger partial charge in [0.25, 0.3) is 0 Å². The molecule has 0 amide bonds. The molecule has 3 heteroatoms. The maximum absolute atomic E-state index is 6.15. The van der Waals surface area contributed by atoms with Crippen molar-refractivity contribution in [3.8, 4) is 11.1 Å². The van der Waals surface area contributed by atoms with Crippen molar-refractivity contribution in [1.82, 2.24) is 4.98 Å². The average Bonchev–Trinajstić information content (AvgIpc) is 2.50. The minimum Gasteiger partial charge on any atom is -0.398 e. The molecule has 3 nitrogen and oxygen atoms in total. The number of aromatic nitrogens is 1. The number of nitrogens with zero attached hydrogens (tertiary/aromatic N) is 1. The highest BCUT2D eigenvalue weighted by Gasteiger charge is 2.10. The van der Waals surface area contributed by atoms with Gasteiger partial charge in [-0.15, -0.1) is 0 Å². The highest BCUT2D eigenvalue weighted by molar-refractivity contribution is 5.80. The number of nitrogens with two attached hydrogens (primary N) is 2. The van der Waals surface area contributed by atoms with Gasteiger partial charge in [0.05, 0.1) is 0 Å². The lowest BCUT2D eigenvalue weighted by Crippen LogP contribution is -1.98. The first-order chi connectivity index (χ1) is 9.74. The Bertz CT molecular complexity index is 642. The predicted molar refractivity (Wildman–Crippen MR) is 84.9 cm³/mol. The van der Waals surface area contributed by atoms with Crippen LogP contribution in [0.2, 0.25) is 0 Å². The van der Waals surface area contributed by atoms with Crippen LogP contribution in [0.25, 0.3) is 16.7 Å².